The first kappa shape index (κ1) is 21.9. The number of benzene rings is 2. The molecule has 0 aliphatic carbocycles. The molecule has 156 valence electrons. The Bertz CT molecular complexity index is 846. The summed E-state index contributed by atoms with van der Waals surface area (Å²) in [7, 11) is 0. The van der Waals surface area contributed by atoms with E-state index in [0.29, 0.717) is 31.3 Å². The maximum absolute atomic E-state index is 13.5. The van der Waals surface area contributed by atoms with Gasteiger partial charge in [-0.2, -0.15) is 0 Å². The maximum atomic E-state index is 13.5. The molecule has 0 saturated carbocycles. The zero-order valence-electron chi connectivity index (χ0n) is 16.1. The van der Waals surface area contributed by atoms with Crippen LogP contribution in [0.15, 0.2) is 47.5 Å². The maximum Gasteiger partial charge on any atom is 0.255 e. The van der Waals surface area contributed by atoms with Gasteiger partial charge in [0.2, 0.25) is 0 Å². The molecular formula is C20H24F2N4O3. The fourth-order valence-electron chi connectivity index (χ4n) is 2.32. The van der Waals surface area contributed by atoms with Crippen LogP contribution in [0, 0.1) is 11.6 Å². The molecule has 9 heteroatoms. The fraction of sp³-hybridized carbons (Fsp3) is 0.300. The summed E-state index contributed by atoms with van der Waals surface area (Å²) in [4.78, 5) is 15.3. The quantitative estimate of drug-likeness (QED) is 0.318. The second-order valence-electron chi connectivity index (χ2n) is 5.95. The number of aliphatic imine (C=N–C) groups is 1. The van der Waals surface area contributed by atoms with E-state index in [-0.39, 0.29) is 19.0 Å². The first-order chi connectivity index (χ1) is 14.0. The first-order valence-corrected chi connectivity index (χ1v) is 9.08. The molecule has 29 heavy (non-hydrogen) atoms. The van der Waals surface area contributed by atoms with Gasteiger partial charge in [-0.25, -0.2) is 13.8 Å². The minimum Gasteiger partial charge on any atom is -0.489 e. The zero-order chi connectivity index (χ0) is 21.1. The molecule has 2 rings (SSSR count). The average Bonchev–Trinajstić information content (AvgIpc) is 2.69. The summed E-state index contributed by atoms with van der Waals surface area (Å²) in [6.07, 6.45) is 0. The Balaban J connectivity index is 1.86. The van der Waals surface area contributed by atoms with Crippen LogP contribution in [0.5, 0.6) is 11.5 Å². The van der Waals surface area contributed by atoms with Gasteiger partial charge in [-0.05, 0) is 36.8 Å². The standard InChI is InChI=1S/C20H24F2N4O3/c1-2-24-20(25-8-9-28-18-7-6-15(21)11-17(18)22)26-12-14-4-3-5-16(10-14)29-13-19(23)27/h3-7,10-11H,2,8-9,12-13H2,1H3,(H2,23,27)(H2,24,25,26). The van der Waals surface area contributed by atoms with Gasteiger partial charge >= 0.3 is 0 Å². The molecular weight excluding hydrogens is 382 g/mol. The number of hydrogen-bond donors (Lipinski definition) is 3. The number of ether oxygens (including phenoxy) is 2. The van der Waals surface area contributed by atoms with Crippen molar-refractivity contribution in [2.24, 2.45) is 10.7 Å². The van der Waals surface area contributed by atoms with Gasteiger partial charge in [0.05, 0.1) is 13.1 Å². The number of hydrogen-bond acceptors (Lipinski definition) is 4. The Morgan fingerprint density at radius 2 is 1.97 bits per heavy atom. The molecule has 1 amide bonds. The Morgan fingerprint density at radius 3 is 2.69 bits per heavy atom. The third-order valence-electron chi connectivity index (χ3n) is 3.59. The van der Waals surface area contributed by atoms with Crippen LogP contribution >= 0.6 is 0 Å². The molecule has 0 heterocycles. The van der Waals surface area contributed by atoms with Crippen LogP contribution in [-0.4, -0.2) is 38.2 Å². The van der Waals surface area contributed by atoms with Crippen LogP contribution in [0.4, 0.5) is 8.78 Å². The number of guanidine groups is 1. The Morgan fingerprint density at radius 1 is 1.14 bits per heavy atom. The number of rotatable bonds is 10. The van der Waals surface area contributed by atoms with Crippen molar-refractivity contribution in [2.45, 2.75) is 13.5 Å². The predicted molar refractivity (Wildman–Crippen MR) is 106 cm³/mol. The molecule has 2 aromatic carbocycles. The van der Waals surface area contributed by atoms with E-state index in [0.717, 1.165) is 17.7 Å². The lowest BCUT2D eigenvalue weighted by molar-refractivity contribution is -0.119. The van der Waals surface area contributed by atoms with E-state index >= 15 is 0 Å². The van der Waals surface area contributed by atoms with Crippen LogP contribution in [0.3, 0.4) is 0 Å². The van der Waals surface area contributed by atoms with Crippen molar-refractivity contribution in [1.29, 1.82) is 0 Å². The Kier molecular flexibility index (Phi) is 8.68. The molecule has 0 bridgehead atoms. The van der Waals surface area contributed by atoms with E-state index < -0.39 is 17.5 Å². The van der Waals surface area contributed by atoms with Crippen LogP contribution in [0.2, 0.25) is 0 Å². The van der Waals surface area contributed by atoms with Crippen molar-refractivity contribution in [2.75, 3.05) is 26.3 Å². The summed E-state index contributed by atoms with van der Waals surface area (Å²) in [5.41, 5.74) is 5.95. The van der Waals surface area contributed by atoms with E-state index in [9.17, 15) is 13.6 Å². The summed E-state index contributed by atoms with van der Waals surface area (Å²) in [5.74, 6) is -0.872. The number of nitrogens with one attached hydrogen (secondary N) is 2. The van der Waals surface area contributed by atoms with Gasteiger partial charge in [0.1, 0.15) is 18.2 Å². The normalized spacial score (nSPS) is 11.1. The van der Waals surface area contributed by atoms with E-state index in [2.05, 4.69) is 15.6 Å². The SMILES string of the molecule is CCNC(=NCc1cccc(OCC(N)=O)c1)NCCOc1ccc(F)cc1F. The lowest BCUT2D eigenvalue weighted by Crippen LogP contribution is -2.39. The van der Waals surface area contributed by atoms with Gasteiger partial charge < -0.3 is 25.8 Å². The first-order valence-electron chi connectivity index (χ1n) is 9.08. The second-order valence-corrected chi connectivity index (χ2v) is 5.95. The summed E-state index contributed by atoms with van der Waals surface area (Å²) in [5, 5.41) is 6.16. The minimum atomic E-state index is -0.746. The molecule has 0 aromatic heterocycles. The molecule has 0 radical (unpaired) electrons. The molecule has 0 atom stereocenters. The number of carbonyl (C=O) groups is 1. The monoisotopic (exact) mass is 406 g/mol. The van der Waals surface area contributed by atoms with Gasteiger partial charge in [-0.15, -0.1) is 0 Å². The zero-order valence-corrected chi connectivity index (χ0v) is 16.1. The third-order valence-corrected chi connectivity index (χ3v) is 3.59. The van der Waals surface area contributed by atoms with Crippen LogP contribution in [0.25, 0.3) is 0 Å². The summed E-state index contributed by atoms with van der Waals surface area (Å²) < 4.78 is 37.0. The topological polar surface area (TPSA) is 98.0 Å². The van der Waals surface area contributed by atoms with Crippen molar-refractivity contribution in [3.63, 3.8) is 0 Å². The van der Waals surface area contributed by atoms with Crippen molar-refractivity contribution < 1.29 is 23.0 Å². The number of nitrogens with zero attached hydrogens (tertiary/aromatic N) is 1. The predicted octanol–water partition coefficient (Wildman–Crippen LogP) is 1.96. The molecule has 0 aliphatic heterocycles. The molecule has 0 fully saturated rings. The molecule has 7 nitrogen and oxygen atoms in total. The molecule has 2 aromatic rings. The highest BCUT2D eigenvalue weighted by Gasteiger charge is 2.05. The number of carbonyl (C=O) groups excluding carboxylic acids is 1. The molecule has 0 spiro atoms. The van der Waals surface area contributed by atoms with Crippen LogP contribution in [0.1, 0.15) is 12.5 Å². The number of halogens is 2. The van der Waals surface area contributed by atoms with Crippen molar-refractivity contribution >= 4 is 11.9 Å². The van der Waals surface area contributed by atoms with Crippen molar-refractivity contribution in [1.82, 2.24) is 10.6 Å². The highest BCUT2D eigenvalue weighted by atomic mass is 19.1. The van der Waals surface area contributed by atoms with Crippen molar-refractivity contribution in [3.8, 4) is 11.5 Å². The number of primary amides is 1. The largest absolute Gasteiger partial charge is 0.489 e. The minimum absolute atomic E-state index is 0.0112. The molecule has 0 aliphatic rings. The smallest absolute Gasteiger partial charge is 0.255 e. The van der Waals surface area contributed by atoms with Crippen molar-refractivity contribution in [3.05, 3.63) is 59.7 Å². The average molecular weight is 406 g/mol. The fourth-order valence-corrected chi connectivity index (χ4v) is 2.32. The highest BCUT2D eigenvalue weighted by molar-refractivity contribution is 5.79. The lowest BCUT2D eigenvalue weighted by Gasteiger charge is -2.12. The van der Waals surface area contributed by atoms with E-state index in [4.69, 9.17) is 15.2 Å². The van der Waals surface area contributed by atoms with E-state index in [1.807, 2.05) is 13.0 Å². The Labute approximate surface area is 167 Å². The van der Waals surface area contributed by atoms with E-state index in [1.54, 1.807) is 18.2 Å². The van der Waals surface area contributed by atoms with Gasteiger partial charge in [0.25, 0.3) is 5.91 Å². The summed E-state index contributed by atoms with van der Waals surface area (Å²) in [6, 6.07) is 10.3. The van der Waals surface area contributed by atoms with Gasteiger partial charge in [-0.1, -0.05) is 12.1 Å². The number of nitrogens with two attached hydrogens (primary N) is 1. The Hall–Kier alpha value is -3.36. The third kappa shape index (κ3) is 8.04. The summed E-state index contributed by atoms with van der Waals surface area (Å²) >= 11 is 0. The summed E-state index contributed by atoms with van der Waals surface area (Å²) in [6.45, 7) is 3.30. The molecule has 0 unspecified atom stereocenters. The molecule has 0 saturated heterocycles. The second kappa shape index (κ2) is 11.5. The van der Waals surface area contributed by atoms with Crippen LogP contribution < -0.4 is 25.8 Å². The lowest BCUT2D eigenvalue weighted by atomic mass is 10.2. The molecule has 4 N–H and O–H groups in total. The van der Waals surface area contributed by atoms with Gasteiger partial charge in [-0.3, -0.25) is 4.79 Å². The van der Waals surface area contributed by atoms with Gasteiger partial charge in [0.15, 0.2) is 24.1 Å². The van der Waals surface area contributed by atoms with E-state index in [1.165, 1.54) is 6.07 Å². The van der Waals surface area contributed by atoms with Gasteiger partial charge in [0, 0.05) is 12.6 Å². The van der Waals surface area contributed by atoms with Crippen LogP contribution in [-0.2, 0) is 11.3 Å². The highest BCUT2D eigenvalue weighted by Crippen LogP contribution is 2.17. The number of amides is 1.